The van der Waals surface area contributed by atoms with Gasteiger partial charge in [0, 0.05) is 18.9 Å². The number of hydrogen-bond donors (Lipinski definition) is 1. The Kier molecular flexibility index (Phi) is 8.71. The summed E-state index contributed by atoms with van der Waals surface area (Å²) in [6, 6.07) is 10.3. The number of fused-ring (bicyclic) bond motifs is 7. The third kappa shape index (κ3) is 5.21. The molecule has 49 heavy (non-hydrogen) atoms. The first-order chi connectivity index (χ1) is 22.8. The molecular weight excluding hydrogens is 614 g/mol. The van der Waals surface area contributed by atoms with Crippen LogP contribution in [0.3, 0.4) is 0 Å². The molecule has 270 valence electrons. The van der Waals surface area contributed by atoms with E-state index in [0.717, 1.165) is 68.3 Å². The molecular formula is C42H61NO6. The number of benzene rings is 1. The van der Waals surface area contributed by atoms with Crippen molar-refractivity contribution in [3.05, 3.63) is 47.5 Å². The second-order valence-corrected chi connectivity index (χ2v) is 18.7. The number of aliphatic carboxylic acids is 1. The Morgan fingerprint density at radius 3 is 2.18 bits per heavy atom. The number of carbonyl (C=O) groups is 3. The van der Waals surface area contributed by atoms with E-state index < -0.39 is 34.6 Å². The Balaban J connectivity index is 1.38. The van der Waals surface area contributed by atoms with Gasteiger partial charge in [-0.3, -0.25) is 4.79 Å². The van der Waals surface area contributed by atoms with Gasteiger partial charge in [0.15, 0.2) is 0 Å². The summed E-state index contributed by atoms with van der Waals surface area (Å²) in [6.45, 7) is 18.7. The summed E-state index contributed by atoms with van der Waals surface area (Å²) >= 11 is 0. The molecule has 5 aliphatic carbocycles. The molecule has 8 atom stereocenters. The Bertz CT molecular complexity index is 1520. The van der Waals surface area contributed by atoms with Gasteiger partial charge in [-0.25, -0.2) is 14.5 Å². The second kappa shape index (κ2) is 11.9. The van der Waals surface area contributed by atoms with Crippen LogP contribution in [-0.4, -0.2) is 47.4 Å². The van der Waals surface area contributed by atoms with Crippen molar-refractivity contribution in [3.63, 3.8) is 0 Å². The fourth-order valence-electron chi connectivity index (χ4n) is 12.6. The molecule has 0 spiro atoms. The highest BCUT2D eigenvalue weighted by Crippen LogP contribution is 2.76. The number of imide groups is 1. The molecule has 0 bridgehead atoms. The van der Waals surface area contributed by atoms with Crippen molar-refractivity contribution in [1.29, 1.82) is 0 Å². The smallest absolute Gasteiger partial charge is 0.419 e. The average Bonchev–Trinajstić information content (AvgIpc) is 3.03. The zero-order valence-corrected chi connectivity index (χ0v) is 31.6. The van der Waals surface area contributed by atoms with Crippen molar-refractivity contribution in [2.75, 3.05) is 13.7 Å². The first-order valence-electron chi connectivity index (χ1n) is 18.9. The van der Waals surface area contributed by atoms with E-state index in [4.69, 9.17) is 9.47 Å². The fraction of sp³-hybridized carbons (Fsp3) is 0.738. The monoisotopic (exact) mass is 675 g/mol. The molecule has 1 aromatic rings. The number of allylic oxidation sites excluding steroid dienone is 2. The fourth-order valence-corrected chi connectivity index (χ4v) is 12.6. The van der Waals surface area contributed by atoms with Crippen molar-refractivity contribution in [3.8, 4) is 0 Å². The van der Waals surface area contributed by atoms with Crippen LogP contribution in [0.1, 0.15) is 125 Å². The first-order valence-corrected chi connectivity index (χ1v) is 18.9. The maximum atomic E-state index is 13.7. The SMILES string of the molecule is CCOC(=O)N(C)C(=O)O[C@@]1(Cc2ccccc2)CC[C@@]2(C)C(CC[C@]3(C)[C@@H]2CC=C2[C@H]4CC(C)(C)CC[C@]4(C(=O)O)CC[C@]23C)C1(C)C. The zero-order valence-electron chi connectivity index (χ0n) is 31.6. The zero-order chi connectivity index (χ0) is 35.8. The van der Waals surface area contributed by atoms with Crippen molar-refractivity contribution in [2.24, 2.45) is 50.2 Å². The third-order valence-corrected chi connectivity index (χ3v) is 15.9. The molecule has 5 aliphatic rings. The van der Waals surface area contributed by atoms with Gasteiger partial charge in [0.25, 0.3) is 0 Å². The maximum Gasteiger partial charge on any atom is 0.419 e. The minimum Gasteiger partial charge on any atom is -0.481 e. The molecule has 7 heteroatoms. The average molecular weight is 676 g/mol. The van der Waals surface area contributed by atoms with Crippen molar-refractivity contribution in [2.45, 2.75) is 132 Å². The highest BCUT2D eigenvalue weighted by molar-refractivity contribution is 5.87. The molecule has 4 saturated carbocycles. The molecule has 4 fully saturated rings. The van der Waals surface area contributed by atoms with Crippen LogP contribution in [0, 0.1) is 50.2 Å². The number of amides is 2. The molecule has 0 aliphatic heterocycles. The molecule has 6 rings (SSSR count). The highest BCUT2D eigenvalue weighted by atomic mass is 16.6. The second-order valence-electron chi connectivity index (χ2n) is 18.7. The molecule has 1 N–H and O–H groups in total. The van der Waals surface area contributed by atoms with Crippen LogP contribution in [-0.2, 0) is 20.7 Å². The van der Waals surface area contributed by atoms with E-state index in [1.165, 1.54) is 12.6 Å². The quantitative estimate of drug-likeness (QED) is 0.312. The third-order valence-electron chi connectivity index (χ3n) is 15.9. The van der Waals surface area contributed by atoms with Gasteiger partial charge in [-0.15, -0.1) is 0 Å². The first kappa shape index (κ1) is 36.0. The van der Waals surface area contributed by atoms with Crippen LogP contribution in [0.2, 0.25) is 0 Å². The topological polar surface area (TPSA) is 93.1 Å². The van der Waals surface area contributed by atoms with Gasteiger partial charge in [0.1, 0.15) is 5.60 Å². The van der Waals surface area contributed by atoms with Gasteiger partial charge >= 0.3 is 18.2 Å². The van der Waals surface area contributed by atoms with Gasteiger partial charge in [-0.1, -0.05) is 90.4 Å². The molecule has 1 aromatic carbocycles. The molecule has 7 nitrogen and oxygen atoms in total. The van der Waals surface area contributed by atoms with E-state index in [-0.39, 0.29) is 40.1 Å². The van der Waals surface area contributed by atoms with E-state index in [0.29, 0.717) is 18.8 Å². The van der Waals surface area contributed by atoms with Gasteiger partial charge < -0.3 is 14.6 Å². The Morgan fingerprint density at radius 1 is 0.857 bits per heavy atom. The number of carboxylic acid groups (broad SMARTS) is 1. The lowest BCUT2D eigenvalue weighted by atomic mass is 9.32. The minimum atomic E-state index is -0.816. The largest absolute Gasteiger partial charge is 0.481 e. The van der Waals surface area contributed by atoms with Crippen molar-refractivity contribution in [1.82, 2.24) is 4.90 Å². The Morgan fingerprint density at radius 2 is 1.53 bits per heavy atom. The standard InChI is InChI=1S/C42H61NO6/c1-10-48-34(46)43(9)35(47)49-42(26-28-14-12-11-13-15-28)25-21-38(6)31(37(42,4)5)18-19-40(8)32(38)17-16-29-30-27-36(2,3)20-23-41(30,33(44)45)24-22-39(29,40)7/h11-16,30-32H,10,17-27H2,1-9H3,(H,44,45)/t30-,31?,32-,38+,39-,40-,41+,42-/m1/s1. The Labute approximate surface area is 294 Å². The summed E-state index contributed by atoms with van der Waals surface area (Å²) in [7, 11) is 1.44. The maximum absolute atomic E-state index is 13.7. The lowest BCUT2D eigenvalue weighted by molar-refractivity contribution is -0.235. The van der Waals surface area contributed by atoms with Gasteiger partial charge in [-0.05, 0) is 116 Å². The number of hydrogen-bond acceptors (Lipinski definition) is 5. The molecule has 0 saturated heterocycles. The van der Waals surface area contributed by atoms with Gasteiger partial charge in [-0.2, -0.15) is 0 Å². The summed E-state index contributed by atoms with van der Waals surface area (Å²) < 4.78 is 11.8. The lowest BCUT2D eigenvalue weighted by Gasteiger charge is -2.72. The van der Waals surface area contributed by atoms with Crippen LogP contribution in [0.4, 0.5) is 9.59 Å². The summed E-state index contributed by atoms with van der Waals surface area (Å²) in [5.74, 6) is 0.206. The normalized spacial score (nSPS) is 40.3. The lowest BCUT2D eigenvalue weighted by Crippen LogP contribution is -2.68. The summed E-state index contributed by atoms with van der Waals surface area (Å²) in [5, 5.41) is 10.7. The summed E-state index contributed by atoms with van der Waals surface area (Å²) in [4.78, 5) is 40.4. The number of nitrogens with zero attached hydrogens (tertiary/aromatic N) is 1. The molecule has 0 heterocycles. The molecule has 0 aromatic heterocycles. The van der Waals surface area contributed by atoms with E-state index in [9.17, 15) is 19.5 Å². The van der Waals surface area contributed by atoms with E-state index in [1.807, 2.05) is 18.2 Å². The van der Waals surface area contributed by atoms with Crippen molar-refractivity contribution >= 4 is 18.2 Å². The van der Waals surface area contributed by atoms with Gasteiger partial charge in [0.2, 0.25) is 0 Å². The van der Waals surface area contributed by atoms with Crippen LogP contribution in [0.25, 0.3) is 0 Å². The summed E-state index contributed by atoms with van der Waals surface area (Å²) in [6.07, 6.45) is 10.8. The number of carboxylic acids is 1. The van der Waals surface area contributed by atoms with E-state index >= 15 is 0 Å². The minimum absolute atomic E-state index is 0.00561. The Hall–Kier alpha value is -2.83. The summed E-state index contributed by atoms with van der Waals surface area (Å²) in [5.41, 5.74) is 0.809. The van der Waals surface area contributed by atoms with Crippen LogP contribution in [0.5, 0.6) is 0 Å². The molecule has 1 unspecified atom stereocenters. The van der Waals surface area contributed by atoms with Crippen LogP contribution < -0.4 is 0 Å². The highest BCUT2D eigenvalue weighted by Gasteiger charge is 2.71. The van der Waals surface area contributed by atoms with E-state index in [2.05, 4.69) is 66.7 Å². The predicted molar refractivity (Wildman–Crippen MR) is 191 cm³/mol. The van der Waals surface area contributed by atoms with Crippen LogP contribution in [0.15, 0.2) is 42.0 Å². The van der Waals surface area contributed by atoms with Gasteiger partial charge in [0.05, 0.1) is 12.0 Å². The predicted octanol–water partition coefficient (Wildman–Crippen LogP) is 10.1. The molecule has 0 radical (unpaired) electrons. The number of carbonyl (C=O) groups excluding carboxylic acids is 2. The van der Waals surface area contributed by atoms with Crippen molar-refractivity contribution < 1.29 is 29.0 Å². The van der Waals surface area contributed by atoms with Crippen LogP contribution >= 0.6 is 0 Å². The van der Waals surface area contributed by atoms with E-state index in [1.54, 1.807) is 6.92 Å². The number of rotatable bonds is 5. The number of ether oxygens (including phenoxy) is 2. The molecule has 2 amide bonds.